The van der Waals surface area contributed by atoms with Crippen LogP contribution in [0.15, 0.2) is 24.3 Å². The zero-order valence-corrected chi connectivity index (χ0v) is 11.5. The number of hydrogen-bond acceptors (Lipinski definition) is 2. The Hall–Kier alpha value is -2.04. The average molecular weight is 276 g/mol. The molecule has 0 spiro atoms. The van der Waals surface area contributed by atoms with E-state index in [-0.39, 0.29) is 11.6 Å². The molecule has 108 valence electrons. The Balaban J connectivity index is 1.99. The summed E-state index contributed by atoms with van der Waals surface area (Å²) >= 11 is 0. The predicted molar refractivity (Wildman–Crippen MR) is 77.1 cm³/mol. The molecule has 1 aromatic rings. The number of urea groups is 1. The third-order valence-electron chi connectivity index (χ3n) is 3.50. The second kappa shape index (κ2) is 6.93. The summed E-state index contributed by atoms with van der Waals surface area (Å²) in [5, 5.41) is 11.7. The van der Waals surface area contributed by atoms with Gasteiger partial charge in [0.2, 0.25) is 0 Å². The first-order valence-corrected chi connectivity index (χ1v) is 7.06. The molecule has 0 aromatic heterocycles. The van der Waals surface area contributed by atoms with E-state index in [1.165, 1.54) is 18.6 Å². The molecule has 2 amide bonds. The molecule has 0 saturated carbocycles. The number of carboxylic acid groups (broad SMARTS) is 1. The summed E-state index contributed by atoms with van der Waals surface area (Å²) in [5.74, 6) is -0.993. The molecule has 1 aromatic carbocycles. The van der Waals surface area contributed by atoms with E-state index in [1.54, 1.807) is 12.1 Å². The van der Waals surface area contributed by atoms with Crippen molar-refractivity contribution in [1.82, 2.24) is 4.90 Å². The van der Waals surface area contributed by atoms with Crippen molar-refractivity contribution in [2.24, 2.45) is 0 Å². The molecule has 0 radical (unpaired) electrons. The summed E-state index contributed by atoms with van der Waals surface area (Å²) in [5.41, 5.74) is 0.701. The summed E-state index contributed by atoms with van der Waals surface area (Å²) in [4.78, 5) is 24.9. The summed E-state index contributed by atoms with van der Waals surface area (Å²) < 4.78 is 0. The normalized spacial score (nSPS) is 16.1. The zero-order valence-electron chi connectivity index (χ0n) is 11.5. The van der Waals surface area contributed by atoms with Gasteiger partial charge < -0.3 is 15.3 Å². The van der Waals surface area contributed by atoms with E-state index in [9.17, 15) is 9.59 Å². The molecule has 0 atom stereocenters. The van der Waals surface area contributed by atoms with Crippen LogP contribution >= 0.6 is 0 Å². The van der Waals surface area contributed by atoms with Crippen LogP contribution in [0.3, 0.4) is 0 Å². The van der Waals surface area contributed by atoms with Crippen LogP contribution in [0.25, 0.3) is 0 Å². The maximum Gasteiger partial charge on any atom is 0.335 e. The second-order valence-corrected chi connectivity index (χ2v) is 5.07. The van der Waals surface area contributed by atoms with Gasteiger partial charge in [-0.1, -0.05) is 25.3 Å². The number of likely N-dealkylation sites (tertiary alicyclic amines) is 1. The van der Waals surface area contributed by atoms with Gasteiger partial charge in [-0.15, -0.1) is 0 Å². The van der Waals surface area contributed by atoms with Crippen molar-refractivity contribution in [3.63, 3.8) is 0 Å². The Morgan fingerprint density at radius 2 is 1.70 bits per heavy atom. The molecule has 5 heteroatoms. The van der Waals surface area contributed by atoms with Crippen molar-refractivity contribution >= 4 is 17.7 Å². The minimum atomic E-state index is -0.993. The van der Waals surface area contributed by atoms with Crippen molar-refractivity contribution in [3.05, 3.63) is 29.8 Å². The molecule has 1 aliphatic heterocycles. The molecule has 0 unspecified atom stereocenters. The SMILES string of the molecule is O=C(O)c1cccc(NC(=O)N2CCCCCCC2)c1. The molecule has 1 aliphatic rings. The van der Waals surface area contributed by atoms with Crippen molar-refractivity contribution in [3.8, 4) is 0 Å². The minimum Gasteiger partial charge on any atom is -0.478 e. The highest BCUT2D eigenvalue weighted by Crippen LogP contribution is 2.14. The smallest absolute Gasteiger partial charge is 0.335 e. The van der Waals surface area contributed by atoms with Gasteiger partial charge in [0.15, 0.2) is 0 Å². The summed E-state index contributed by atoms with van der Waals surface area (Å²) in [6.07, 6.45) is 5.64. The maximum absolute atomic E-state index is 12.2. The van der Waals surface area contributed by atoms with Gasteiger partial charge in [0, 0.05) is 18.8 Å². The van der Waals surface area contributed by atoms with Crippen LogP contribution in [0.4, 0.5) is 10.5 Å². The standard InChI is InChI=1S/C15H20N2O3/c18-14(19)12-7-6-8-13(11-12)16-15(20)17-9-4-2-1-3-5-10-17/h6-8,11H,1-5,9-10H2,(H,16,20)(H,18,19). The molecular formula is C15H20N2O3. The van der Waals surface area contributed by atoms with Crippen molar-refractivity contribution in [2.75, 3.05) is 18.4 Å². The van der Waals surface area contributed by atoms with Crippen LogP contribution in [0, 0.1) is 0 Å². The molecule has 1 saturated heterocycles. The van der Waals surface area contributed by atoms with E-state index in [0.29, 0.717) is 5.69 Å². The lowest BCUT2D eigenvalue weighted by molar-refractivity contribution is 0.0697. The van der Waals surface area contributed by atoms with E-state index in [2.05, 4.69) is 5.32 Å². The van der Waals surface area contributed by atoms with Crippen LogP contribution in [-0.4, -0.2) is 35.1 Å². The highest BCUT2D eigenvalue weighted by atomic mass is 16.4. The molecule has 1 fully saturated rings. The Kier molecular flexibility index (Phi) is 4.98. The number of hydrogen-bond donors (Lipinski definition) is 2. The van der Waals surface area contributed by atoms with Crippen molar-refractivity contribution < 1.29 is 14.7 Å². The van der Waals surface area contributed by atoms with Gasteiger partial charge in [0.1, 0.15) is 0 Å². The van der Waals surface area contributed by atoms with Gasteiger partial charge in [-0.2, -0.15) is 0 Å². The fourth-order valence-electron chi connectivity index (χ4n) is 2.38. The van der Waals surface area contributed by atoms with Gasteiger partial charge >= 0.3 is 12.0 Å². The number of aromatic carboxylic acids is 1. The summed E-state index contributed by atoms with van der Waals surface area (Å²) in [7, 11) is 0. The summed E-state index contributed by atoms with van der Waals surface area (Å²) in [6.45, 7) is 1.54. The lowest BCUT2D eigenvalue weighted by Gasteiger charge is -2.25. The zero-order chi connectivity index (χ0) is 14.4. The summed E-state index contributed by atoms with van der Waals surface area (Å²) in [6, 6.07) is 6.17. The van der Waals surface area contributed by atoms with Crippen LogP contribution in [-0.2, 0) is 0 Å². The van der Waals surface area contributed by atoms with E-state index in [0.717, 1.165) is 38.8 Å². The Labute approximate surface area is 118 Å². The molecule has 5 nitrogen and oxygen atoms in total. The second-order valence-electron chi connectivity index (χ2n) is 5.07. The highest BCUT2D eigenvalue weighted by molar-refractivity contribution is 5.93. The Morgan fingerprint density at radius 1 is 1.05 bits per heavy atom. The first-order valence-electron chi connectivity index (χ1n) is 7.06. The number of rotatable bonds is 2. The fraction of sp³-hybridized carbons (Fsp3) is 0.467. The van der Waals surface area contributed by atoms with Gasteiger partial charge in [0.05, 0.1) is 5.56 Å². The molecule has 0 bridgehead atoms. The van der Waals surface area contributed by atoms with E-state index in [4.69, 9.17) is 5.11 Å². The van der Waals surface area contributed by atoms with Crippen LogP contribution < -0.4 is 5.32 Å². The molecule has 20 heavy (non-hydrogen) atoms. The van der Waals surface area contributed by atoms with Gasteiger partial charge in [-0.3, -0.25) is 0 Å². The number of nitrogens with one attached hydrogen (secondary N) is 1. The third-order valence-corrected chi connectivity index (χ3v) is 3.50. The van der Waals surface area contributed by atoms with Crippen LogP contribution in [0.1, 0.15) is 42.5 Å². The lowest BCUT2D eigenvalue weighted by atomic mass is 10.1. The average Bonchev–Trinajstić information content (AvgIpc) is 2.38. The largest absolute Gasteiger partial charge is 0.478 e. The quantitative estimate of drug-likeness (QED) is 0.871. The topological polar surface area (TPSA) is 69.6 Å². The Morgan fingerprint density at radius 3 is 2.35 bits per heavy atom. The molecular weight excluding hydrogens is 256 g/mol. The number of carbonyl (C=O) groups is 2. The van der Waals surface area contributed by atoms with Gasteiger partial charge in [0.25, 0.3) is 0 Å². The molecule has 1 heterocycles. The number of anilines is 1. The third kappa shape index (κ3) is 3.98. The number of amides is 2. The number of nitrogens with zero attached hydrogens (tertiary/aromatic N) is 1. The van der Waals surface area contributed by atoms with Crippen LogP contribution in [0.5, 0.6) is 0 Å². The highest BCUT2D eigenvalue weighted by Gasteiger charge is 2.15. The number of benzene rings is 1. The minimum absolute atomic E-state index is 0.144. The first kappa shape index (κ1) is 14.4. The van der Waals surface area contributed by atoms with Crippen molar-refractivity contribution in [1.29, 1.82) is 0 Å². The van der Waals surface area contributed by atoms with Gasteiger partial charge in [-0.05, 0) is 31.0 Å². The van der Waals surface area contributed by atoms with Crippen molar-refractivity contribution in [2.45, 2.75) is 32.1 Å². The van der Waals surface area contributed by atoms with E-state index < -0.39 is 5.97 Å². The van der Waals surface area contributed by atoms with E-state index in [1.807, 2.05) is 4.90 Å². The maximum atomic E-state index is 12.2. The predicted octanol–water partition coefficient (Wildman–Crippen LogP) is 3.18. The number of carbonyl (C=O) groups excluding carboxylic acids is 1. The fourth-order valence-corrected chi connectivity index (χ4v) is 2.38. The van der Waals surface area contributed by atoms with Crippen LogP contribution in [0.2, 0.25) is 0 Å². The van der Waals surface area contributed by atoms with E-state index >= 15 is 0 Å². The first-order chi connectivity index (χ1) is 9.66. The lowest BCUT2D eigenvalue weighted by Crippen LogP contribution is -2.37. The molecule has 2 N–H and O–H groups in total. The Bertz CT molecular complexity index is 480. The molecule has 0 aliphatic carbocycles. The monoisotopic (exact) mass is 276 g/mol. The molecule has 2 rings (SSSR count). The van der Waals surface area contributed by atoms with Gasteiger partial charge in [-0.25, -0.2) is 9.59 Å². The number of carboxylic acids is 1.